The van der Waals surface area contributed by atoms with Crippen LogP contribution in [0, 0.1) is 0 Å². The van der Waals surface area contributed by atoms with E-state index in [0.717, 1.165) is 10.7 Å². The first kappa shape index (κ1) is 26.6. The van der Waals surface area contributed by atoms with E-state index in [4.69, 9.17) is 11.6 Å². The van der Waals surface area contributed by atoms with Crippen LogP contribution in [0.5, 0.6) is 0 Å². The Morgan fingerprint density at radius 3 is 2.51 bits per heavy atom. The van der Waals surface area contributed by atoms with Crippen LogP contribution in [0.1, 0.15) is 36.3 Å². The van der Waals surface area contributed by atoms with Crippen LogP contribution in [-0.2, 0) is 10.0 Å². The number of amides is 1. The standard InChI is InChI=1S/C24H22ClF2N5O4S/c1-24(2,13-33)31-37(35,36)17-5-3-4-16(10-17)29-23(34)18-12-28-32-20(21(26)27)11-19(30-22(18)32)14-6-8-15(25)9-7-14/h3-12,21,31,33H,13H2,1-2H3,(H,29,34). The molecular formula is C24H22ClF2N5O4S. The highest BCUT2D eigenvalue weighted by atomic mass is 35.5. The van der Waals surface area contributed by atoms with Gasteiger partial charge in [0, 0.05) is 16.3 Å². The summed E-state index contributed by atoms with van der Waals surface area (Å²) in [7, 11) is -4.01. The Hall–Kier alpha value is -3.45. The number of nitrogens with one attached hydrogen (secondary N) is 2. The molecule has 0 saturated heterocycles. The second kappa shape index (κ2) is 10.1. The fraction of sp³-hybridized carbons (Fsp3) is 0.208. The zero-order chi connectivity index (χ0) is 27.0. The van der Waals surface area contributed by atoms with Crippen molar-refractivity contribution in [1.82, 2.24) is 19.3 Å². The van der Waals surface area contributed by atoms with Gasteiger partial charge in [0.25, 0.3) is 12.3 Å². The summed E-state index contributed by atoms with van der Waals surface area (Å²) in [6.07, 6.45) is -1.79. The van der Waals surface area contributed by atoms with Crippen molar-refractivity contribution < 1.29 is 27.1 Å². The van der Waals surface area contributed by atoms with E-state index in [-0.39, 0.29) is 27.5 Å². The van der Waals surface area contributed by atoms with Gasteiger partial charge in [-0.15, -0.1) is 0 Å². The van der Waals surface area contributed by atoms with Gasteiger partial charge in [0.15, 0.2) is 5.65 Å². The topological polar surface area (TPSA) is 126 Å². The van der Waals surface area contributed by atoms with Crippen LogP contribution in [0.15, 0.2) is 65.7 Å². The summed E-state index contributed by atoms with van der Waals surface area (Å²) in [5.74, 6) is -0.728. The van der Waals surface area contributed by atoms with Gasteiger partial charge in [0.2, 0.25) is 10.0 Å². The largest absolute Gasteiger partial charge is 0.394 e. The third kappa shape index (κ3) is 5.77. The van der Waals surface area contributed by atoms with Gasteiger partial charge in [-0.1, -0.05) is 29.8 Å². The van der Waals surface area contributed by atoms with E-state index in [0.29, 0.717) is 10.6 Å². The number of aliphatic hydroxyl groups excluding tert-OH is 1. The molecule has 0 fully saturated rings. The molecule has 4 aromatic rings. The number of aromatic nitrogens is 3. The van der Waals surface area contributed by atoms with Crippen molar-refractivity contribution in [3.8, 4) is 11.3 Å². The van der Waals surface area contributed by atoms with E-state index in [9.17, 15) is 27.1 Å². The highest BCUT2D eigenvalue weighted by molar-refractivity contribution is 7.89. The number of carbonyl (C=O) groups excluding carboxylic acids is 1. The van der Waals surface area contributed by atoms with Crippen LogP contribution < -0.4 is 10.0 Å². The number of hydrogen-bond donors (Lipinski definition) is 3. The first-order chi connectivity index (χ1) is 17.4. The van der Waals surface area contributed by atoms with E-state index >= 15 is 0 Å². The summed E-state index contributed by atoms with van der Waals surface area (Å²) in [5.41, 5.74) is -0.916. The number of nitrogens with zero attached hydrogens (tertiary/aromatic N) is 3. The monoisotopic (exact) mass is 549 g/mol. The van der Waals surface area contributed by atoms with Crippen molar-refractivity contribution >= 4 is 38.9 Å². The van der Waals surface area contributed by atoms with Gasteiger partial charge in [-0.3, -0.25) is 4.79 Å². The molecule has 0 unspecified atom stereocenters. The molecule has 1 amide bonds. The third-order valence-electron chi connectivity index (χ3n) is 5.32. The van der Waals surface area contributed by atoms with Gasteiger partial charge in [0.05, 0.1) is 28.9 Å². The van der Waals surface area contributed by atoms with Crippen LogP contribution in [-0.4, -0.2) is 46.2 Å². The lowest BCUT2D eigenvalue weighted by Gasteiger charge is -2.23. The maximum atomic E-state index is 13.8. The minimum atomic E-state index is -4.01. The molecule has 4 rings (SSSR count). The summed E-state index contributed by atoms with van der Waals surface area (Å²) in [5, 5.41) is 16.3. The molecule has 3 N–H and O–H groups in total. The van der Waals surface area contributed by atoms with Gasteiger partial charge in [-0.2, -0.15) is 5.10 Å². The number of carbonyl (C=O) groups is 1. The molecule has 0 aliphatic rings. The van der Waals surface area contributed by atoms with Crippen LogP contribution in [0.3, 0.4) is 0 Å². The summed E-state index contributed by atoms with van der Waals surface area (Å²) in [6.45, 7) is 2.60. The molecule has 13 heteroatoms. The second-order valence-electron chi connectivity index (χ2n) is 8.80. The second-order valence-corrected chi connectivity index (χ2v) is 10.9. The lowest BCUT2D eigenvalue weighted by atomic mass is 10.1. The molecule has 2 aromatic carbocycles. The van der Waals surface area contributed by atoms with Gasteiger partial charge in [0.1, 0.15) is 11.3 Å². The molecule has 0 aliphatic carbocycles. The number of rotatable bonds is 8. The van der Waals surface area contributed by atoms with Crippen LogP contribution in [0.4, 0.5) is 14.5 Å². The lowest BCUT2D eigenvalue weighted by molar-refractivity contribution is 0.102. The molecule has 0 saturated carbocycles. The Balaban J connectivity index is 1.69. The minimum Gasteiger partial charge on any atom is -0.394 e. The first-order valence-electron chi connectivity index (χ1n) is 10.9. The quantitative estimate of drug-likeness (QED) is 0.301. The van der Waals surface area contributed by atoms with Crippen LogP contribution in [0.2, 0.25) is 5.02 Å². The van der Waals surface area contributed by atoms with E-state index in [1.54, 1.807) is 24.3 Å². The van der Waals surface area contributed by atoms with Gasteiger partial charge in [-0.05, 0) is 50.2 Å². The molecule has 0 radical (unpaired) electrons. The van der Waals surface area contributed by atoms with Crippen molar-refractivity contribution in [3.63, 3.8) is 0 Å². The van der Waals surface area contributed by atoms with Crippen LogP contribution >= 0.6 is 11.6 Å². The maximum absolute atomic E-state index is 13.8. The van der Waals surface area contributed by atoms with Crippen molar-refractivity contribution in [2.75, 3.05) is 11.9 Å². The first-order valence-corrected chi connectivity index (χ1v) is 12.8. The number of sulfonamides is 1. The predicted molar refractivity (Wildman–Crippen MR) is 134 cm³/mol. The number of anilines is 1. The number of hydrogen-bond acceptors (Lipinski definition) is 6. The van der Waals surface area contributed by atoms with E-state index in [2.05, 4.69) is 20.1 Å². The van der Waals surface area contributed by atoms with Gasteiger partial charge in [-0.25, -0.2) is 31.4 Å². The fourth-order valence-corrected chi connectivity index (χ4v) is 5.04. The number of halogens is 3. The molecule has 0 bridgehead atoms. The molecular weight excluding hydrogens is 528 g/mol. The van der Waals surface area contributed by atoms with E-state index < -0.39 is 40.2 Å². The summed E-state index contributed by atoms with van der Waals surface area (Å²) in [6, 6.07) is 13.1. The van der Waals surface area contributed by atoms with E-state index in [1.165, 1.54) is 44.2 Å². The SMILES string of the molecule is CC(C)(CO)NS(=O)(=O)c1cccc(NC(=O)c2cnn3c(C(F)F)cc(-c4ccc(Cl)cc4)nc23)c1. The number of aliphatic hydroxyl groups is 1. The zero-order valence-corrected chi connectivity index (χ0v) is 21.2. The fourth-order valence-electron chi connectivity index (χ4n) is 3.46. The summed E-state index contributed by atoms with van der Waals surface area (Å²) < 4.78 is 56.3. The van der Waals surface area contributed by atoms with Crippen molar-refractivity contribution in [3.05, 3.63) is 77.1 Å². The smallest absolute Gasteiger partial charge is 0.280 e. The Bertz CT molecular complexity index is 1570. The molecule has 2 aromatic heterocycles. The molecule has 2 heterocycles. The molecule has 37 heavy (non-hydrogen) atoms. The number of fused-ring (bicyclic) bond motifs is 1. The maximum Gasteiger partial charge on any atom is 0.280 e. The highest BCUT2D eigenvalue weighted by Crippen LogP contribution is 2.28. The molecule has 0 spiro atoms. The summed E-state index contributed by atoms with van der Waals surface area (Å²) >= 11 is 5.92. The van der Waals surface area contributed by atoms with Crippen molar-refractivity contribution in [2.45, 2.75) is 30.7 Å². The van der Waals surface area contributed by atoms with Gasteiger partial charge >= 0.3 is 0 Å². The Morgan fingerprint density at radius 1 is 1.16 bits per heavy atom. The summed E-state index contributed by atoms with van der Waals surface area (Å²) in [4.78, 5) is 17.3. The van der Waals surface area contributed by atoms with Crippen molar-refractivity contribution in [1.29, 1.82) is 0 Å². The lowest BCUT2D eigenvalue weighted by Crippen LogP contribution is -2.46. The normalized spacial score (nSPS) is 12.3. The average molecular weight is 550 g/mol. The molecule has 0 aliphatic heterocycles. The average Bonchev–Trinajstić information content (AvgIpc) is 3.27. The van der Waals surface area contributed by atoms with E-state index in [1.807, 2.05) is 0 Å². The highest BCUT2D eigenvalue weighted by Gasteiger charge is 2.26. The molecule has 0 atom stereocenters. The Kier molecular flexibility index (Phi) is 7.29. The third-order valence-corrected chi connectivity index (χ3v) is 7.26. The molecule has 9 nitrogen and oxygen atoms in total. The number of alkyl halides is 2. The number of benzene rings is 2. The zero-order valence-electron chi connectivity index (χ0n) is 19.6. The Labute approximate surface area is 216 Å². The minimum absolute atomic E-state index is 0.0921. The van der Waals surface area contributed by atoms with Gasteiger partial charge < -0.3 is 10.4 Å². The van der Waals surface area contributed by atoms with Crippen molar-refractivity contribution in [2.24, 2.45) is 0 Å². The predicted octanol–water partition coefficient (Wildman–Crippen LogP) is 4.29. The Morgan fingerprint density at radius 2 is 1.86 bits per heavy atom. The molecule has 194 valence electrons. The van der Waals surface area contributed by atoms with Crippen LogP contribution in [0.25, 0.3) is 16.9 Å².